The number of hydrogen-bond donors (Lipinski definition) is 0. The fraction of sp³-hybridized carbons (Fsp3) is 0.667. The standard InChI is InChI=1S/C21H33N3O/c1-18-6-5-7-19(16-18)17-21(25)24-10-4-3-8-20(24)9-11-23-14-12-22(2)13-15-23/h5-7,16,20H,3-4,8-15,17H2,1-2H3/t20-/m0/s1. The van der Waals surface area contributed by atoms with Gasteiger partial charge in [0.2, 0.25) is 5.91 Å². The Balaban J connectivity index is 1.53. The first kappa shape index (κ1) is 18.4. The quantitative estimate of drug-likeness (QED) is 0.822. The first-order valence-corrected chi connectivity index (χ1v) is 9.88. The van der Waals surface area contributed by atoms with Gasteiger partial charge in [-0.25, -0.2) is 0 Å². The summed E-state index contributed by atoms with van der Waals surface area (Å²) in [5.41, 5.74) is 2.38. The van der Waals surface area contributed by atoms with Gasteiger partial charge in [-0.2, -0.15) is 0 Å². The summed E-state index contributed by atoms with van der Waals surface area (Å²) < 4.78 is 0. The van der Waals surface area contributed by atoms with Gasteiger partial charge < -0.3 is 14.7 Å². The highest BCUT2D eigenvalue weighted by Crippen LogP contribution is 2.21. The van der Waals surface area contributed by atoms with E-state index < -0.39 is 0 Å². The number of rotatable bonds is 5. The molecule has 4 heteroatoms. The fourth-order valence-electron chi connectivity index (χ4n) is 4.13. The second-order valence-electron chi connectivity index (χ2n) is 7.84. The first-order valence-electron chi connectivity index (χ1n) is 9.88. The molecule has 138 valence electrons. The summed E-state index contributed by atoms with van der Waals surface area (Å²) in [7, 11) is 2.20. The normalized spacial score (nSPS) is 23.0. The number of amides is 1. The van der Waals surface area contributed by atoms with Gasteiger partial charge in [0, 0.05) is 45.3 Å². The van der Waals surface area contributed by atoms with Gasteiger partial charge in [-0.15, -0.1) is 0 Å². The molecular weight excluding hydrogens is 310 g/mol. The Labute approximate surface area is 152 Å². The third kappa shape index (κ3) is 5.29. The molecule has 2 heterocycles. The van der Waals surface area contributed by atoms with E-state index in [0.29, 0.717) is 18.4 Å². The summed E-state index contributed by atoms with van der Waals surface area (Å²) in [6, 6.07) is 8.80. The zero-order valence-electron chi connectivity index (χ0n) is 15.9. The maximum atomic E-state index is 12.9. The van der Waals surface area contributed by atoms with Crippen LogP contribution in [0.3, 0.4) is 0 Å². The van der Waals surface area contributed by atoms with Crippen LogP contribution in [0.5, 0.6) is 0 Å². The van der Waals surface area contributed by atoms with Crippen LogP contribution in [-0.4, -0.2) is 73.0 Å². The first-order chi connectivity index (χ1) is 12.1. The highest BCUT2D eigenvalue weighted by Gasteiger charge is 2.27. The van der Waals surface area contributed by atoms with Crippen molar-refractivity contribution in [2.24, 2.45) is 0 Å². The molecule has 0 aliphatic carbocycles. The van der Waals surface area contributed by atoms with Crippen molar-refractivity contribution >= 4 is 5.91 Å². The minimum Gasteiger partial charge on any atom is -0.339 e. The van der Waals surface area contributed by atoms with Crippen molar-refractivity contribution in [3.63, 3.8) is 0 Å². The summed E-state index contributed by atoms with van der Waals surface area (Å²) in [6.07, 6.45) is 5.27. The lowest BCUT2D eigenvalue weighted by Crippen LogP contribution is -2.48. The predicted molar refractivity (Wildman–Crippen MR) is 103 cm³/mol. The molecule has 0 saturated carbocycles. The molecule has 1 amide bonds. The van der Waals surface area contributed by atoms with Gasteiger partial charge in [0.1, 0.15) is 0 Å². The van der Waals surface area contributed by atoms with Crippen LogP contribution in [0.2, 0.25) is 0 Å². The van der Waals surface area contributed by atoms with Gasteiger partial charge >= 0.3 is 0 Å². The highest BCUT2D eigenvalue weighted by atomic mass is 16.2. The molecule has 0 unspecified atom stereocenters. The van der Waals surface area contributed by atoms with Crippen LogP contribution >= 0.6 is 0 Å². The SMILES string of the molecule is Cc1cccc(CC(=O)N2CCCC[C@H]2CCN2CCN(C)CC2)c1. The minimum atomic E-state index is 0.314. The van der Waals surface area contributed by atoms with Gasteiger partial charge in [0.15, 0.2) is 0 Å². The summed E-state index contributed by atoms with van der Waals surface area (Å²) in [4.78, 5) is 20.0. The predicted octanol–water partition coefficient (Wildman–Crippen LogP) is 2.56. The number of likely N-dealkylation sites (N-methyl/N-ethyl adjacent to an activating group) is 1. The zero-order valence-corrected chi connectivity index (χ0v) is 15.9. The highest BCUT2D eigenvalue weighted by molar-refractivity contribution is 5.79. The van der Waals surface area contributed by atoms with E-state index in [4.69, 9.17) is 0 Å². The number of likely N-dealkylation sites (tertiary alicyclic amines) is 1. The van der Waals surface area contributed by atoms with Crippen LogP contribution in [0.1, 0.15) is 36.8 Å². The van der Waals surface area contributed by atoms with Crippen LogP contribution in [0.15, 0.2) is 24.3 Å². The third-order valence-corrected chi connectivity index (χ3v) is 5.76. The number of benzene rings is 1. The van der Waals surface area contributed by atoms with E-state index in [2.05, 4.69) is 52.9 Å². The molecule has 0 N–H and O–H groups in total. The average molecular weight is 344 g/mol. The van der Waals surface area contributed by atoms with Crippen molar-refractivity contribution in [3.8, 4) is 0 Å². The molecule has 0 bridgehead atoms. The molecule has 0 spiro atoms. The molecular formula is C21H33N3O. The van der Waals surface area contributed by atoms with E-state index in [0.717, 1.165) is 31.5 Å². The largest absolute Gasteiger partial charge is 0.339 e. The molecule has 2 fully saturated rings. The molecule has 3 rings (SSSR count). The lowest BCUT2D eigenvalue weighted by Gasteiger charge is -2.38. The Kier molecular flexibility index (Phi) is 6.49. The molecule has 0 aromatic heterocycles. The van der Waals surface area contributed by atoms with Crippen molar-refractivity contribution in [1.29, 1.82) is 0 Å². The minimum absolute atomic E-state index is 0.314. The lowest BCUT2D eigenvalue weighted by molar-refractivity contribution is -0.134. The number of piperidine rings is 1. The fourth-order valence-corrected chi connectivity index (χ4v) is 4.13. The van der Waals surface area contributed by atoms with E-state index in [1.54, 1.807) is 0 Å². The Morgan fingerprint density at radius 2 is 1.92 bits per heavy atom. The number of carbonyl (C=O) groups is 1. The second-order valence-corrected chi connectivity index (χ2v) is 7.84. The Morgan fingerprint density at radius 3 is 2.68 bits per heavy atom. The second kappa shape index (κ2) is 8.81. The van der Waals surface area contributed by atoms with Crippen molar-refractivity contribution < 1.29 is 4.79 Å². The molecule has 4 nitrogen and oxygen atoms in total. The van der Waals surface area contributed by atoms with Gasteiger partial charge in [-0.1, -0.05) is 29.8 Å². The van der Waals surface area contributed by atoms with Crippen LogP contribution in [0.4, 0.5) is 0 Å². The number of nitrogens with zero attached hydrogens (tertiary/aromatic N) is 3. The van der Waals surface area contributed by atoms with Gasteiger partial charge in [-0.3, -0.25) is 4.79 Å². The maximum absolute atomic E-state index is 12.9. The molecule has 2 aliphatic heterocycles. The van der Waals surface area contributed by atoms with E-state index in [-0.39, 0.29) is 0 Å². The Morgan fingerprint density at radius 1 is 1.12 bits per heavy atom. The van der Waals surface area contributed by atoms with Crippen molar-refractivity contribution in [1.82, 2.24) is 14.7 Å². The monoisotopic (exact) mass is 343 g/mol. The summed E-state index contributed by atoms with van der Waals surface area (Å²) in [5, 5.41) is 0. The van der Waals surface area contributed by atoms with Crippen LogP contribution in [0.25, 0.3) is 0 Å². The summed E-state index contributed by atoms with van der Waals surface area (Å²) in [5.74, 6) is 0.314. The zero-order chi connectivity index (χ0) is 17.6. The Hall–Kier alpha value is -1.39. The van der Waals surface area contributed by atoms with Gasteiger partial charge in [0.05, 0.1) is 6.42 Å². The number of aryl methyl sites for hydroxylation is 1. The summed E-state index contributed by atoms with van der Waals surface area (Å²) >= 11 is 0. The number of piperazine rings is 1. The van der Waals surface area contributed by atoms with E-state index in [1.807, 2.05) is 0 Å². The smallest absolute Gasteiger partial charge is 0.227 e. The summed E-state index contributed by atoms with van der Waals surface area (Å²) in [6.45, 7) is 8.83. The maximum Gasteiger partial charge on any atom is 0.227 e. The molecule has 2 aliphatic rings. The molecule has 25 heavy (non-hydrogen) atoms. The van der Waals surface area contributed by atoms with E-state index >= 15 is 0 Å². The molecule has 1 aromatic rings. The lowest BCUT2D eigenvalue weighted by atomic mass is 9.97. The number of carbonyl (C=O) groups excluding carboxylic acids is 1. The molecule has 2 saturated heterocycles. The van der Waals surface area contributed by atoms with Crippen LogP contribution in [0, 0.1) is 6.92 Å². The van der Waals surface area contributed by atoms with Crippen molar-refractivity contribution in [2.45, 2.75) is 45.1 Å². The van der Waals surface area contributed by atoms with Crippen molar-refractivity contribution in [3.05, 3.63) is 35.4 Å². The average Bonchev–Trinajstić information content (AvgIpc) is 2.61. The molecule has 1 aromatic carbocycles. The van der Waals surface area contributed by atoms with E-state index in [1.165, 1.54) is 44.6 Å². The van der Waals surface area contributed by atoms with Gasteiger partial charge in [0.25, 0.3) is 0 Å². The topological polar surface area (TPSA) is 26.8 Å². The van der Waals surface area contributed by atoms with Crippen LogP contribution in [-0.2, 0) is 11.2 Å². The van der Waals surface area contributed by atoms with Crippen LogP contribution < -0.4 is 0 Å². The molecule has 0 radical (unpaired) electrons. The number of hydrogen-bond acceptors (Lipinski definition) is 3. The third-order valence-electron chi connectivity index (χ3n) is 5.76. The van der Waals surface area contributed by atoms with E-state index in [9.17, 15) is 4.79 Å². The Bertz CT molecular complexity index is 566. The van der Waals surface area contributed by atoms with Gasteiger partial charge in [-0.05, 0) is 45.2 Å². The van der Waals surface area contributed by atoms with Crippen molar-refractivity contribution in [2.75, 3.05) is 46.3 Å². The molecule has 1 atom stereocenters.